The summed E-state index contributed by atoms with van der Waals surface area (Å²) in [6.07, 6.45) is 3.10. The number of benzene rings is 1. The second-order valence-corrected chi connectivity index (χ2v) is 5.91. The Bertz CT molecular complexity index is 445. The van der Waals surface area contributed by atoms with E-state index in [9.17, 15) is 13.9 Å². The average Bonchev–Trinajstić information content (AvgIpc) is 2.86. The molecule has 1 fully saturated rings. The van der Waals surface area contributed by atoms with E-state index in [0.29, 0.717) is 12.1 Å². The van der Waals surface area contributed by atoms with Crippen molar-refractivity contribution in [1.82, 2.24) is 5.32 Å². The zero-order chi connectivity index (χ0) is 14.5. The Hall–Kier alpha value is -0.720. The number of aliphatic hydroxyl groups excluding tert-OH is 1. The first-order valence-electron chi connectivity index (χ1n) is 6.67. The molecule has 2 atom stereocenters. The van der Waals surface area contributed by atoms with Crippen LogP contribution in [-0.2, 0) is 6.54 Å². The Labute approximate surface area is 125 Å². The second-order valence-electron chi connectivity index (χ2n) is 4.99. The van der Waals surface area contributed by atoms with Gasteiger partial charge in [-0.15, -0.1) is 0 Å². The summed E-state index contributed by atoms with van der Waals surface area (Å²) in [5.74, 6) is 0.441. The highest BCUT2D eigenvalue weighted by atomic mass is 79.9. The molecule has 0 amide bonds. The van der Waals surface area contributed by atoms with E-state index in [4.69, 9.17) is 0 Å². The molecule has 0 aliphatic heterocycles. The lowest BCUT2D eigenvalue weighted by Gasteiger charge is -2.20. The maximum atomic E-state index is 12.4. The third-order valence-corrected chi connectivity index (χ3v) is 4.18. The second kappa shape index (κ2) is 7.33. The van der Waals surface area contributed by atoms with E-state index in [2.05, 4.69) is 26.0 Å². The fourth-order valence-electron chi connectivity index (χ4n) is 2.66. The first-order valence-corrected chi connectivity index (χ1v) is 7.47. The normalized spacial score (nSPS) is 22.4. The summed E-state index contributed by atoms with van der Waals surface area (Å²) in [7, 11) is 0. The van der Waals surface area contributed by atoms with Crippen molar-refractivity contribution < 1.29 is 18.6 Å². The molecule has 1 saturated carbocycles. The number of hydrogen-bond donors (Lipinski definition) is 2. The third-order valence-electron chi connectivity index (χ3n) is 3.69. The Morgan fingerprint density at radius 3 is 2.90 bits per heavy atom. The molecular weight excluding hydrogens is 332 g/mol. The molecule has 1 aliphatic rings. The smallest absolute Gasteiger partial charge is 0.387 e. The quantitative estimate of drug-likeness (QED) is 0.827. The van der Waals surface area contributed by atoms with Gasteiger partial charge in [0.2, 0.25) is 0 Å². The highest BCUT2D eigenvalue weighted by Crippen LogP contribution is 2.28. The largest absolute Gasteiger partial charge is 0.434 e. The molecule has 2 N–H and O–H groups in total. The highest BCUT2D eigenvalue weighted by molar-refractivity contribution is 9.10. The van der Waals surface area contributed by atoms with Gasteiger partial charge in [-0.1, -0.05) is 22.4 Å². The van der Waals surface area contributed by atoms with Crippen LogP contribution in [0.25, 0.3) is 0 Å². The topological polar surface area (TPSA) is 41.5 Å². The van der Waals surface area contributed by atoms with Crippen LogP contribution in [0, 0.1) is 5.92 Å². The zero-order valence-electron chi connectivity index (χ0n) is 11.0. The Morgan fingerprint density at radius 1 is 1.40 bits per heavy atom. The molecule has 1 aromatic rings. The van der Waals surface area contributed by atoms with E-state index in [1.54, 1.807) is 12.1 Å². The molecule has 6 heteroatoms. The van der Waals surface area contributed by atoms with Gasteiger partial charge in [0.25, 0.3) is 0 Å². The Morgan fingerprint density at radius 2 is 2.20 bits per heavy atom. The summed E-state index contributed by atoms with van der Waals surface area (Å²) in [5.41, 5.74) is 0.684. The van der Waals surface area contributed by atoms with Crippen LogP contribution in [-0.4, -0.2) is 24.4 Å². The molecule has 0 aromatic heterocycles. The highest BCUT2D eigenvalue weighted by Gasteiger charge is 2.26. The molecule has 2 unspecified atom stereocenters. The van der Waals surface area contributed by atoms with Gasteiger partial charge in [-0.05, 0) is 37.0 Å². The summed E-state index contributed by atoms with van der Waals surface area (Å²) >= 11 is 3.33. The van der Waals surface area contributed by atoms with Gasteiger partial charge in [-0.25, -0.2) is 0 Å². The summed E-state index contributed by atoms with van der Waals surface area (Å²) in [6.45, 7) is -2.22. The van der Waals surface area contributed by atoms with Crippen molar-refractivity contribution in [3.05, 3.63) is 28.2 Å². The minimum absolute atomic E-state index is 0.163. The standard InChI is InChI=1S/C14H18BrF2NO2/c15-11-4-5-13(20-14(16)17)10(6-11)7-18-12-3-1-2-9(12)8-19/h4-6,9,12,14,18-19H,1-3,7-8H2. The van der Waals surface area contributed by atoms with Gasteiger partial charge in [0.1, 0.15) is 5.75 Å². The molecule has 0 radical (unpaired) electrons. The van der Waals surface area contributed by atoms with E-state index in [1.165, 1.54) is 6.07 Å². The number of ether oxygens (including phenoxy) is 1. The summed E-state index contributed by atoms with van der Waals surface area (Å²) < 4.78 is 30.1. The van der Waals surface area contributed by atoms with Crippen LogP contribution in [0.4, 0.5) is 8.78 Å². The molecule has 0 heterocycles. The summed E-state index contributed by atoms with van der Waals surface area (Å²) in [6, 6.07) is 5.21. The van der Waals surface area contributed by atoms with Gasteiger partial charge in [0.05, 0.1) is 0 Å². The van der Waals surface area contributed by atoms with Gasteiger partial charge in [-0.3, -0.25) is 0 Å². The molecule has 2 rings (SSSR count). The van der Waals surface area contributed by atoms with Crippen LogP contribution < -0.4 is 10.1 Å². The van der Waals surface area contributed by atoms with Crippen LogP contribution in [0.3, 0.4) is 0 Å². The van der Waals surface area contributed by atoms with Crippen molar-refractivity contribution >= 4 is 15.9 Å². The van der Waals surface area contributed by atoms with Gasteiger partial charge in [0.15, 0.2) is 0 Å². The van der Waals surface area contributed by atoms with Gasteiger partial charge in [-0.2, -0.15) is 8.78 Å². The van der Waals surface area contributed by atoms with Crippen molar-refractivity contribution in [2.45, 2.75) is 38.5 Å². The van der Waals surface area contributed by atoms with Crippen molar-refractivity contribution in [3.8, 4) is 5.75 Å². The average molecular weight is 350 g/mol. The minimum Gasteiger partial charge on any atom is -0.434 e. The van der Waals surface area contributed by atoms with E-state index >= 15 is 0 Å². The molecule has 0 bridgehead atoms. The monoisotopic (exact) mass is 349 g/mol. The maximum absolute atomic E-state index is 12.4. The summed E-state index contributed by atoms with van der Waals surface area (Å²) in [5, 5.41) is 12.6. The molecule has 1 aromatic carbocycles. The van der Waals surface area contributed by atoms with E-state index in [1.807, 2.05) is 0 Å². The van der Waals surface area contributed by atoms with Crippen molar-refractivity contribution in [3.63, 3.8) is 0 Å². The van der Waals surface area contributed by atoms with E-state index < -0.39 is 6.61 Å². The minimum atomic E-state index is -2.83. The fraction of sp³-hybridized carbons (Fsp3) is 0.571. The lowest BCUT2D eigenvalue weighted by Crippen LogP contribution is -2.33. The maximum Gasteiger partial charge on any atom is 0.387 e. The Kier molecular flexibility index (Phi) is 5.74. The molecule has 0 spiro atoms. The molecule has 20 heavy (non-hydrogen) atoms. The molecule has 1 aliphatic carbocycles. The molecule has 112 valence electrons. The number of halogens is 3. The molecule has 0 saturated heterocycles. The lowest BCUT2D eigenvalue weighted by atomic mass is 10.0. The molecule has 3 nitrogen and oxygen atoms in total. The van der Waals surface area contributed by atoms with Gasteiger partial charge >= 0.3 is 6.61 Å². The number of nitrogens with one attached hydrogen (secondary N) is 1. The van der Waals surface area contributed by atoms with Crippen LogP contribution in [0.2, 0.25) is 0 Å². The zero-order valence-corrected chi connectivity index (χ0v) is 12.6. The van der Waals surface area contributed by atoms with E-state index in [-0.39, 0.29) is 24.3 Å². The van der Waals surface area contributed by atoms with Crippen molar-refractivity contribution in [2.75, 3.05) is 6.61 Å². The van der Waals surface area contributed by atoms with Crippen LogP contribution in [0.15, 0.2) is 22.7 Å². The van der Waals surface area contributed by atoms with Gasteiger partial charge < -0.3 is 15.2 Å². The lowest BCUT2D eigenvalue weighted by molar-refractivity contribution is -0.0505. The molecular formula is C14H18BrF2NO2. The van der Waals surface area contributed by atoms with E-state index in [0.717, 1.165) is 23.7 Å². The van der Waals surface area contributed by atoms with Crippen LogP contribution in [0.1, 0.15) is 24.8 Å². The predicted octanol–water partition coefficient (Wildman–Crippen LogP) is 3.30. The fourth-order valence-corrected chi connectivity index (χ4v) is 3.07. The van der Waals surface area contributed by atoms with Crippen molar-refractivity contribution in [1.29, 1.82) is 0 Å². The summed E-state index contributed by atoms with van der Waals surface area (Å²) in [4.78, 5) is 0. The number of hydrogen-bond acceptors (Lipinski definition) is 3. The van der Waals surface area contributed by atoms with Crippen LogP contribution in [0.5, 0.6) is 5.75 Å². The van der Waals surface area contributed by atoms with Crippen molar-refractivity contribution in [2.24, 2.45) is 5.92 Å². The number of aliphatic hydroxyl groups is 1. The first kappa shape index (κ1) is 15.7. The predicted molar refractivity (Wildman–Crippen MR) is 75.8 cm³/mol. The first-order chi connectivity index (χ1) is 9.60. The van der Waals surface area contributed by atoms with Gasteiger partial charge in [0, 0.05) is 29.2 Å². The third kappa shape index (κ3) is 4.14. The number of rotatable bonds is 6. The van der Waals surface area contributed by atoms with Crippen LogP contribution >= 0.6 is 15.9 Å². The SMILES string of the molecule is OCC1CCCC1NCc1cc(Br)ccc1OC(F)F. The number of alkyl halides is 2. The Balaban J connectivity index is 2.02.